The summed E-state index contributed by atoms with van der Waals surface area (Å²) in [5.74, 6) is -0.747. The molecule has 6 unspecified atom stereocenters. The van der Waals surface area contributed by atoms with Gasteiger partial charge in [0.2, 0.25) is 17.8 Å². The van der Waals surface area contributed by atoms with Gasteiger partial charge in [-0.05, 0) is 89.0 Å². The highest BCUT2D eigenvalue weighted by Gasteiger charge is 2.66. The zero-order chi connectivity index (χ0) is 95.8. The molecule has 10 aliphatic rings. The van der Waals surface area contributed by atoms with Crippen molar-refractivity contribution in [3.8, 4) is 0 Å². The van der Waals surface area contributed by atoms with E-state index in [2.05, 4.69) is 85.4 Å². The van der Waals surface area contributed by atoms with Gasteiger partial charge in [0.05, 0.1) is 88.6 Å². The molecular formula is C62H68F5N29O28P6S6. The minimum Gasteiger partial charge on any atom is -0.397 e. The van der Waals surface area contributed by atoms with E-state index >= 15 is 22.0 Å². The Hall–Kier alpha value is -7.88. The number of H-pyrrole nitrogens is 3. The normalized spacial score (nSPS) is 38.4. The van der Waals surface area contributed by atoms with Crippen LogP contribution >= 0.6 is 40.3 Å². The number of nitrogens with two attached hydrogens (primary N) is 6. The fourth-order valence-corrected chi connectivity index (χ4v) is 25.0. The van der Waals surface area contributed by atoms with Crippen LogP contribution in [-0.2, 0) is 158 Å². The number of nitrogen functional groups attached to an aromatic ring is 6. The SMILES string of the molecule is Nc1nc2c(ncn2[C@@H]2O[C@@H]3COP(O)(=S)O[C@H]4[C@H](F)[C@H](n5nnc6c(N)ccnc65)O[C@@H]4COP(O)(=S)O[C@@H]2[C@@H]3F)c(=O)[nH]1.Nc1nc2c(ncn2[C@@H]2O[C@@H]3COP(O)(=S)O[C@H]4[C@H](F)[C@H](n5nnc6c(N)ccnc65)O[C@@H]4COP(O)(=S)O[C@@H]2[C@@H]3F)c(=O)[nH]1.Nc1nc2c(ncn2[C@@H]2O[C@@H]3COP(O)(=S)O[C@H]4[C@H]5OC[C@]4(COP(O)(=S)O[C@@H]2[C@H]3F)O[C@H]5n2cnc3c(N)ccnc32)c(=O)[nH]1. The molecule has 10 saturated heterocycles. The molecule has 22 rings (SSSR count). The number of imidazole rings is 4. The van der Waals surface area contributed by atoms with Crippen LogP contribution in [0.2, 0.25) is 0 Å². The van der Waals surface area contributed by atoms with Crippen molar-refractivity contribution in [3.63, 3.8) is 0 Å². The molecule has 12 aromatic heterocycles. The summed E-state index contributed by atoms with van der Waals surface area (Å²) in [4.78, 5) is 151. The van der Waals surface area contributed by atoms with Crippen molar-refractivity contribution < 1.29 is 139 Å². The van der Waals surface area contributed by atoms with Crippen LogP contribution < -0.4 is 51.1 Å². The Labute approximate surface area is 781 Å². The van der Waals surface area contributed by atoms with E-state index in [1.807, 2.05) is 0 Å². The molecule has 0 amide bonds. The van der Waals surface area contributed by atoms with E-state index in [-0.39, 0.29) is 91.6 Å². The molecule has 136 heavy (non-hydrogen) atoms. The molecule has 0 aliphatic carbocycles. The van der Waals surface area contributed by atoms with E-state index < -0.39 is 244 Å². The minimum absolute atomic E-state index is 0.0537. The van der Waals surface area contributed by atoms with Crippen LogP contribution in [0.15, 0.2) is 76.5 Å². The first-order valence-corrected chi connectivity index (χ1v) is 54.9. The number of halogens is 5. The molecule has 0 spiro atoms. The zero-order valence-electron chi connectivity index (χ0n) is 67.6. The number of nitrogens with one attached hydrogen (secondary N) is 3. The third kappa shape index (κ3) is 17.9. The summed E-state index contributed by atoms with van der Waals surface area (Å²) < 4.78 is 195. The predicted molar refractivity (Wildman–Crippen MR) is 470 cm³/mol. The Balaban J connectivity index is 0.000000126. The van der Waals surface area contributed by atoms with Gasteiger partial charge in [0.1, 0.15) is 84.4 Å². The summed E-state index contributed by atoms with van der Waals surface area (Å²) in [6, 6.07) is 4.56. The number of ether oxygens (including phenoxy) is 7. The third-order valence-electron chi connectivity index (χ3n) is 22.5. The third-order valence-corrected chi connectivity index (χ3v) is 31.8. The van der Waals surface area contributed by atoms with Gasteiger partial charge in [-0.2, -0.15) is 24.3 Å². The molecule has 74 heteroatoms. The molecule has 22 heterocycles. The lowest BCUT2D eigenvalue weighted by Crippen LogP contribution is -2.45. The fourth-order valence-electron chi connectivity index (χ4n) is 16.4. The summed E-state index contributed by atoms with van der Waals surface area (Å²) >= 11 is 31.2. The minimum atomic E-state index is -4.36. The van der Waals surface area contributed by atoms with Crippen molar-refractivity contribution in [2.24, 2.45) is 0 Å². The monoisotopic (exact) mass is 2140 g/mol. The summed E-state index contributed by atoms with van der Waals surface area (Å²) in [6.07, 6.45) is -27.0. The number of anilines is 6. The Bertz CT molecular complexity index is 6980. The largest absolute Gasteiger partial charge is 0.397 e. The van der Waals surface area contributed by atoms with E-state index in [1.54, 1.807) is 10.6 Å². The molecule has 57 nitrogen and oxygen atoms in total. The number of aromatic nitrogens is 23. The molecule has 10 fully saturated rings. The van der Waals surface area contributed by atoms with Crippen LogP contribution in [0, 0.1) is 0 Å². The van der Waals surface area contributed by atoms with E-state index in [0.717, 1.165) is 31.2 Å². The lowest BCUT2D eigenvalue weighted by atomic mass is 10.0. The standard InChI is InChI=1S/C22H24FN9O10P2S2.2C20H22F2N10O9P2S2/c23-10-9-3-37-43(34,45)42-15-14-20(31-6-27-11-8(24)1-2-26-16(11)31)40-22(15,4-36-14)5-38-44(35,46)41-13(10)19(39-9)32-7-28-12-17(32)29-21(25)30-18(12)33;2*21-9-7-3-36-42(34,44)40-13-8(39-18(10(13)22)32-15-11(29-30-32)6(23)1-2-25-15)4-37-43(35,45)41-14(9)19(38-7)31-5-26-12-16(31)27-20(24)28-17(12)33/h1-2,6-7,9-10,13-15,19-20H,3-5H2,(H2,24,26)(H,34,45)(H,35,46)(H3,25,29,30,33);2*1-2,5,7-10,13-14,18-19H,3-4H2,(H2,23,25)(H,34,44)(H,35,45)(H3,24,27,28,33)/t9-,10+,13-,14-,15+,19-,20-,22-,43?,44?;2*7-,8-,9-,10+,13-,14-,18-,19-,42?,43?/m111/s1. The number of alkyl halides is 5. The summed E-state index contributed by atoms with van der Waals surface area (Å²) in [7, 11) is 0. The van der Waals surface area contributed by atoms with Crippen LogP contribution in [0.5, 0.6) is 0 Å². The van der Waals surface area contributed by atoms with Gasteiger partial charge in [-0.1, -0.05) is 10.4 Å². The molecule has 8 bridgehead atoms. The van der Waals surface area contributed by atoms with Crippen LogP contribution in [0.4, 0.5) is 56.9 Å². The van der Waals surface area contributed by atoms with E-state index in [4.69, 9.17) is 193 Å². The predicted octanol–water partition coefficient (Wildman–Crippen LogP) is -0.427. The Morgan fingerprint density at radius 3 is 1.06 bits per heavy atom. The smallest absolute Gasteiger partial charge is 0.325 e. The van der Waals surface area contributed by atoms with Gasteiger partial charge in [0.25, 0.3) is 16.7 Å². The van der Waals surface area contributed by atoms with Crippen LogP contribution in [-0.4, -0.2) is 298 Å². The first kappa shape index (κ1) is 95.7. The second kappa shape index (κ2) is 36.0. The van der Waals surface area contributed by atoms with Crippen LogP contribution in [0.25, 0.3) is 67.0 Å². The number of fused-ring (bicyclic) bond motifs is 14. The van der Waals surface area contributed by atoms with Gasteiger partial charge in [0.15, 0.2) is 130 Å². The topological polar surface area (TPSA) is 761 Å². The van der Waals surface area contributed by atoms with Crippen molar-refractivity contribution in [2.75, 3.05) is 80.7 Å². The van der Waals surface area contributed by atoms with Crippen LogP contribution in [0.3, 0.4) is 0 Å². The van der Waals surface area contributed by atoms with E-state index in [1.165, 1.54) is 47.9 Å². The highest BCUT2D eigenvalue weighted by atomic mass is 32.5. The van der Waals surface area contributed by atoms with Gasteiger partial charge in [-0.3, -0.25) is 74.7 Å². The summed E-state index contributed by atoms with van der Waals surface area (Å²) in [6.45, 7) is -29.8. The van der Waals surface area contributed by atoms with Gasteiger partial charge in [-0.15, -0.1) is 10.2 Å². The molecule has 0 aromatic carbocycles. The van der Waals surface area contributed by atoms with E-state index in [0.29, 0.717) is 16.9 Å². The Kier molecular flexibility index (Phi) is 25.3. The molecule has 0 radical (unpaired) electrons. The van der Waals surface area contributed by atoms with Crippen molar-refractivity contribution in [2.45, 2.75) is 147 Å². The molecule has 30 atom stereocenters. The molecule has 10 aliphatic heterocycles. The maximum Gasteiger partial charge on any atom is 0.325 e. The number of nitrogens with zero attached hydrogens (tertiary/aromatic N) is 20. The average molecular weight is 2140 g/mol. The van der Waals surface area contributed by atoms with Gasteiger partial charge in [-0.25, -0.2) is 56.8 Å². The summed E-state index contributed by atoms with van der Waals surface area (Å²) in [5, 5.41) is 15.6. The van der Waals surface area contributed by atoms with Crippen molar-refractivity contribution in [1.82, 2.24) is 113 Å². The zero-order valence-corrected chi connectivity index (χ0v) is 77.9. The van der Waals surface area contributed by atoms with Gasteiger partial charge in [0, 0.05) is 18.6 Å². The van der Waals surface area contributed by atoms with Gasteiger partial charge >= 0.3 is 40.3 Å². The number of hydrogen-bond acceptors (Lipinski definition) is 48. The van der Waals surface area contributed by atoms with Crippen molar-refractivity contribution in [3.05, 3.63) is 93.2 Å². The number of pyridine rings is 3. The highest BCUT2D eigenvalue weighted by Crippen LogP contribution is 2.62. The molecular weight excluding hydrogens is 2070 g/mol. The second-order valence-electron chi connectivity index (χ2n) is 31.1. The molecule has 21 N–H and O–H groups in total. The quantitative estimate of drug-likeness (QED) is 0.0742. The highest BCUT2D eigenvalue weighted by molar-refractivity contribution is 8.08. The first-order valence-electron chi connectivity index (χ1n) is 39.3. The van der Waals surface area contributed by atoms with Crippen molar-refractivity contribution >= 4 is 213 Å². The maximum atomic E-state index is 16.0. The second-order valence-corrected chi connectivity index (χ2v) is 47.8. The average Bonchev–Trinajstić information content (AvgIpc) is 1.55. The lowest BCUT2D eigenvalue weighted by Gasteiger charge is -2.33. The Morgan fingerprint density at radius 1 is 0.360 bits per heavy atom. The van der Waals surface area contributed by atoms with Crippen molar-refractivity contribution in [1.29, 1.82) is 0 Å². The summed E-state index contributed by atoms with van der Waals surface area (Å²) in [5.41, 5.74) is 33.0. The Morgan fingerprint density at radius 2 is 0.676 bits per heavy atom. The number of aromatic amines is 3. The number of rotatable bonds is 6. The van der Waals surface area contributed by atoms with Crippen LogP contribution in [0.1, 0.15) is 37.4 Å². The molecule has 12 aromatic rings. The first-order chi connectivity index (χ1) is 64.5. The van der Waals surface area contributed by atoms with Gasteiger partial charge < -0.3 is 124 Å². The maximum absolute atomic E-state index is 16.0. The van der Waals surface area contributed by atoms with E-state index in [9.17, 15) is 43.7 Å². The number of hydrogen-bond donors (Lipinski definition) is 15. The lowest BCUT2D eigenvalue weighted by molar-refractivity contribution is -0.183. The molecule has 0 saturated carbocycles. The molecule has 730 valence electrons. The fraction of sp³-hybridized carbons (Fsp3) is 0.500.